The maximum Gasteiger partial charge on any atom is 0.0159 e. The van der Waals surface area contributed by atoms with E-state index in [1.165, 1.54) is 111 Å². The quantitative estimate of drug-likeness (QED) is 0.187. The molecule has 0 saturated heterocycles. The summed E-state index contributed by atoms with van der Waals surface area (Å²) < 4.78 is 0. The lowest BCUT2D eigenvalue weighted by molar-refractivity contribution is 0.661. The normalized spacial score (nSPS) is 13.9. The van der Waals surface area contributed by atoms with Crippen LogP contribution in [-0.2, 0) is 5.41 Å². The average molecular weight is 595 g/mol. The molecule has 0 spiro atoms. The fourth-order valence-electron chi connectivity index (χ4n) is 9.04. The molecule has 0 heterocycles. The van der Waals surface area contributed by atoms with Crippen molar-refractivity contribution in [1.29, 1.82) is 0 Å². The average Bonchev–Trinajstić information content (AvgIpc) is 3.70. The molecule has 0 nitrogen and oxygen atoms in total. The maximum absolute atomic E-state index is 2.45. The van der Waals surface area contributed by atoms with E-state index in [-0.39, 0.29) is 5.41 Å². The van der Waals surface area contributed by atoms with Crippen LogP contribution in [0, 0.1) is 0 Å². The van der Waals surface area contributed by atoms with Crippen molar-refractivity contribution in [2.45, 2.75) is 19.3 Å². The van der Waals surface area contributed by atoms with Gasteiger partial charge in [0.15, 0.2) is 0 Å². The van der Waals surface area contributed by atoms with E-state index in [0.29, 0.717) is 0 Å². The molecule has 47 heavy (non-hydrogen) atoms. The smallest absolute Gasteiger partial charge is 0.0159 e. The van der Waals surface area contributed by atoms with Crippen molar-refractivity contribution in [2.24, 2.45) is 0 Å². The number of benzene rings is 8. The van der Waals surface area contributed by atoms with E-state index in [4.69, 9.17) is 0 Å². The van der Waals surface area contributed by atoms with Gasteiger partial charge < -0.3 is 0 Å². The van der Waals surface area contributed by atoms with Crippen LogP contribution in [0.25, 0.3) is 99.4 Å². The van der Waals surface area contributed by atoms with Gasteiger partial charge in [-0.1, -0.05) is 135 Å². The molecule has 8 aromatic rings. The van der Waals surface area contributed by atoms with Crippen LogP contribution < -0.4 is 0 Å². The number of rotatable bonds is 2. The summed E-state index contributed by atoms with van der Waals surface area (Å²) in [7, 11) is 0. The summed E-state index contributed by atoms with van der Waals surface area (Å²) in [5, 5.41) is 5.40. The first-order chi connectivity index (χ1) is 23.0. The van der Waals surface area contributed by atoms with E-state index < -0.39 is 0 Å². The van der Waals surface area contributed by atoms with Gasteiger partial charge in [-0.25, -0.2) is 0 Å². The minimum Gasteiger partial charge on any atom is -0.0610 e. The van der Waals surface area contributed by atoms with Crippen molar-refractivity contribution in [3.63, 3.8) is 0 Å². The van der Waals surface area contributed by atoms with Gasteiger partial charge in [-0.3, -0.25) is 0 Å². The predicted octanol–water partition coefficient (Wildman–Crippen LogP) is 12.9. The molecule has 3 aliphatic rings. The summed E-state index contributed by atoms with van der Waals surface area (Å²) in [6.07, 6.45) is 0. The summed E-state index contributed by atoms with van der Waals surface area (Å²) in [6.45, 7) is 4.79. The minimum atomic E-state index is -0.103. The molecule has 218 valence electrons. The molecule has 11 rings (SSSR count). The fraction of sp³-hybridized carbons (Fsp3) is 0.0638. The Labute approximate surface area is 274 Å². The summed E-state index contributed by atoms with van der Waals surface area (Å²) in [5.74, 6) is 0. The van der Waals surface area contributed by atoms with Gasteiger partial charge in [-0.2, -0.15) is 0 Å². The van der Waals surface area contributed by atoms with Crippen molar-refractivity contribution >= 4 is 21.5 Å². The van der Waals surface area contributed by atoms with Gasteiger partial charge in [0.1, 0.15) is 0 Å². The van der Waals surface area contributed by atoms with Crippen LogP contribution in [0.2, 0.25) is 0 Å². The molecule has 0 fully saturated rings. The largest absolute Gasteiger partial charge is 0.0610 e. The second kappa shape index (κ2) is 8.75. The summed E-state index contributed by atoms with van der Waals surface area (Å²) in [6, 6.07) is 55.1. The van der Waals surface area contributed by atoms with E-state index in [9.17, 15) is 0 Å². The number of hydrogen-bond acceptors (Lipinski definition) is 0. The third-order valence-electron chi connectivity index (χ3n) is 11.4. The SMILES string of the molecule is CC1(C)c2cc(-c3ccc4c(c3)-c3cccc5cccc-4c35)ccc2-c2ccc(-c3ccc4c(c3)-c3cccc5cccc-4c35)cc21. The summed E-state index contributed by atoms with van der Waals surface area (Å²) >= 11 is 0. The molecular weight excluding hydrogens is 565 g/mol. The van der Waals surface area contributed by atoms with Crippen LogP contribution in [0.3, 0.4) is 0 Å². The zero-order valence-corrected chi connectivity index (χ0v) is 26.4. The molecule has 8 aromatic carbocycles. The second-order valence-corrected chi connectivity index (χ2v) is 14.1. The highest BCUT2D eigenvalue weighted by Gasteiger charge is 2.36. The Hall–Kier alpha value is -5.72. The van der Waals surface area contributed by atoms with Crippen molar-refractivity contribution in [3.8, 4) is 77.9 Å². The van der Waals surface area contributed by atoms with Crippen LogP contribution in [0.1, 0.15) is 25.0 Å². The maximum atomic E-state index is 2.45. The fourth-order valence-corrected chi connectivity index (χ4v) is 9.04. The Balaban J connectivity index is 0.988. The van der Waals surface area contributed by atoms with Gasteiger partial charge in [0.05, 0.1) is 0 Å². The molecule has 0 aliphatic heterocycles. The highest BCUT2D eigenvalue weighted by Crippen LogP contribution is 2.53. The van der Waals surface area contributed by atoms with Gasteiger partial charge in [0.2, 0.25) is 0 Å². The molecule has 0 heteroatoms. The van der Waals surface area contributed by atoms with E-state index >= 15 is 0 Å². The standard InChI is InChI=1S/C47H30/c1-47(2)43-25-31(29-15-19-33-37-11-3-7-27-9-5-13-39(45(27)37)41(33)23-29)17-21-35(43)36-22-18-32(26-44(36)47)30-16-20-34-38-12-4-8-28-10-6-14-40(46(28)38)42(34)24-30/h3-26H,1-2H3. The topological polar surface area (TPSA) is 0 Å². The summed E-state index contributed by atoms with van der Waals surface area (Å²) in [5.41, 5.74) is 21.3. The van der Waals surface area contributed by atoms with Crippen LogP contribution in [0.5, 0.6) is 0 Å². The van der Waals surface area contributed by atoms with Gasteiger partial charge in [0, 0.05) is 5.41 Å². The molecule has 0 radical (unpaired) electrons. The lowest BCUT2D eigenvalue weighted by Crippen LogP contribution is -2.15. The van der Waals surface area contributed by atoms with Crippen LogP contribution in [-0.4, -0.2) is 0 Å². The van der Waals surface area contributed by atoms with Gasteiger partial charge in [-0.15, -0.1) is 0 Å². The summed E-state index contributed by atoms with van der Waals surface area (Å²) in [4.78, 5) is 0. The van der Waals surface area contributed by atoms with Crippen LogP contribution >= 0.6 is 0 Å². The first-order valence-electron chi connectivity index (χ1n) is 16.7. The molecule has 0 saturated carbocycles. The van der Waals surface area contributed by atoms with Crippen molar-refractivity contribution in [2.75, 3.05) is 0 Å². The highest BCUT2D eigenvalue weighted by molar-refractivity contribution is 6.16. The van der Waals surface area contributed by atoms with Crippen LogP contribution in [0.15, 0.2) is 146 Å². The lowest BCUT2D eigenvalue weighted by Gasteiger charge is -2.23. The first-order valence-corrected chi connectivity index (χ1v) is 16.7. The molecule has 0 bridgehead atoms. The molecule has 0 atom stereocenters. The predicted molar refractivity (Wildman–Crippen MR) is 199 cm³/mol. The van der Waals surface area contributed by atoms with Crippen molar-refractivity contribution in [3.05, 3.63) is 157 Å². The second-order valence-electron chi connectivity index (χ2n) is 14.1. The van der Waals surface area contributed by atoms with Gasteiger partial charge in [0.25, 0.3) is 0 Å². The minimum absolute atomic E-state index is 0.103. The molecule has 3 aliphatic carbocycles. The van der Waals surface area contributed by atoms with Crippen LogP contribution in [0.4, 0.5) is 0 Å². The van der Waals surface area contributed by atoms with Crippen molar-refractivity contribution in [1.82, 2.24) is 0 Å². The van der Waals surface area contributed by atoms with Gasteiger partial charge in [-0.05, 0) is 135 Å². The molecular formula is C47H30. The number of hydrogen-bond donors (Lipinski definition) is 0. The van der Waals surface area contributed by atoms with E-state index in [2.05, 4.69) is 159 Å². The zero-order valence-electron chi connectivity index (χ0n) is 26.4. The van der Waals surface area contributed by atoms with Crippen molar-refractivity contribution < 1.29 is 0 Å². The van der Waals surface area contributed by atoms with E-state index in [0.717, 1.165) is 0 Å². The molecule has 0 unspecified atom stereocenters. The Kier molecular flexibility index (Phi) is 4.74. The molecule has 0 amide bonds. The Morgan fingerprint density at radius 3 is 1.04 bits per heavy atom. The van der Waals surface area contributed by atoms with Gasteiger partial charge >= 0.3 is 0 Å². The Bertz CT molecular complexity index is 2500. The Morgan fingerprint density at radius 1 is 0.298 bits per heavy atom. The lowest BCUT2D eigenvalue weighted by atomic mass is 9.80. The Morgan fingerprint density at radius 2 is 0.638 bits per heavy atom. The van der Waals surface area contributed by atoms with E-state index in [1.54, 1.807) is 0 Å². The third-order valence-corrected chi connectivity index (χ3v) is 11.4. The highest BCUT2D eigenvalue weighted by atomic mass is 14.4. The zero-order chi connectivity index (χ0) is 31.0. The molecule has 0 aromatic heterocycles. The third kappa shape index (κ3) is 3.27. The monoisotopic (exact) mass is 594 g/mol. The molecule has 0 N–H and O–H groups in total. The van der Waals surface area contributed by atoms with E-state index in [1.807, 2.05) is 0 Å². The number of fused-ring (bicyclic) bond motifs is 9. The first kappa shape index (κ1) is 25.5.